The zero-order valence-electron chi connectivity index (χ0n) is 9.85. The second kappa shape index (κ2) is 5.07. The summed E-state index contributed by atoms with van der Waals surface area (Å²) in [5.41, 5.74) is 2.30. The third kappa shape index (κ3) is 2.50. The Bertz CT molecular complexity index is 372. The van der Waals surface area contributed by atoms with Gasteiger partial charge < -0.3 is 10.1 Å². The van der Waals surface area contributed by atoms with Crippen molar-refractivity contribution in [2.75, 3.05) is 20.2 Å². The van der Waals surface area contributed by atoms with Crippen molar-refractivity contribution in [1.82, 2.24) is 5.32 Å². The molecule has 1 aliphatic heterocycles. The molecule has 0 spiro atoms. The summed E-state index contributed by atoms with van der Waals surface area (Å²) in [5, 5.41) is 4.24. The molecule has 0 aromatic heterocycles. The molecule has 1 fully saturated rings. The minimum absolute atomic E-state index is 0.713. The smallest absolute Gasteiger partial charge is 0.122 e. The van der Waals surface area contributed by atoms with E-state index in [0.717, 1.165) is 35.8 Å². The first kappa shape index (κ1) is 11.7. The molecular formula is C13H18ClNO. The van der Waals surface area contributed by atoms with E-state index in [2.05, 4.69) is 11.4 Å². The highest BCUT2D eigenvalue weighted by Gasteiger charge is 2.17. The lowest BCUT2D eigenvalue weighted by atomic mass is 9.97. The van der Waals surface area contributed by atoms with E-state index in [1.165, 1.54) is 12.0 Å². The molecule has 1 aromatic rings. The number of rotatable bonds is 3. The standard InChI is InChI=1S/C13H18ClNO/c1-9-5-12(14)11(7-13(9)16-2)6-10-3-4-15-8-10/h5,7,10,15H,3-4,6,8H2,1-2H3. The molecule has 2 nitrogen and oxygen atoms in total. The number of aryl methyl sites for hydroxylation is 1. The van der Waals surface area contributed by atoms with Gasteiger partial charge in [-0.05, 0) is 62.0 Å². The highest BCUT2D eigenvalue weighted by molar-refractivity contribution is 6.31. The van der Waals surface area contributed by atoms with Crippen LogP contribution in [0.2, 0.25) is 5.02 Å². The third-order valence-corrected chi connectivity index (χ3v) is 3.59. The van der Waals surface area contributed by atoms with Crippen molar-refractivity contribution in [2.45, 2.75) is 19.8 Å². The minimum Gasteiger partial charge on any atom is -0.496 e. The number of hydrogen-bond donors (Lipinski definition) is 1. The van der Waals surface area contributed by atoms with E-state index in [1.54, 1.807) is 7.11 Å². The second-order valence-electron chi connectivity index (χ2n) is 4.48. The van der Waals surface area contributed by atoms with Crippen molar-refractivity contribution in [3.63, 3.8) is 0 Å². The SMILES string of the molecule is COc1cc(CC2CCNC2)c(Cl)cc1C. The maximum atomic E-state index is 6.26. The summed E-state index contributed by atoms with van der Waals surface area (Å²) < 4.78 is 5.33. The molecule has 0 radical (unpaired) electrons. The number of ether oxygens (including phenoxy) is 1. The molecule has 0 bridgehead atoms. The molecule has 2 rings (SSSR count). The fourth-order valence-electron chi connectivity index (χ4n) is 2.27. The van der Waals surface area contributed by atoms with Crippen LogP contribution in [0.3, 0.4) is 0 Å². The van der Waals surface area contributed by atoms with Crippen LogP contribution in [-0.4, -0.2) is 20.2 Å². The zero-order valence-corrected chi connectivity index (χ0v) is 10.6. The van der Waals surface area contributed by atoms with E-state index in [4.69, 9.17) is 16.3 Å². The Morgan fingerprint density at radius 3 is 2.94 bits per heavy atom. The quantitative estimate of drug-likeness (QED) is 0.876. The Morgan fingerprint density at radius 1 is 1.50 bits per heavy atom. The van der Waals surface area contributed by atoms with Crippen LogP contribution in [0.4, 0.5) is 0 Å². The predicted octanol–water partition coefficient (Wildman–Crippen LogP) is 2.81. The maximum Gasteiger partial charge on any atom is 0.122 e. The van der Waals surface area contributed by atoms with Crippen molar-refractivity contribution < 1.29 is 4.74 Å². The molecule has 1 saturated heterocycles. The Morgan fingerprint density at radius 2 is 2.31 bits per heavy atom. The van der Waals surface area contributed by atoms with Crippen molar-refractivity contribution >= 4 is 11.6 Å². The highest BCUT2D eigenvalue weighted by Crippen LogP contribution is 2.29. The van der Waals surface area contributed by atoms with Crippen LogP contribution < -0.4 is 10.1 Å². The van der Waals surface area contributed by atoms with Crippen LogP contribution in [0.15, 0.2) is 12.1 Å². The lowest BCUT2D eigenvalue weighted by Crippen LogP contribution is -2.11. The molecule has 1 unspecified atom stereocenters. The van der Waals surface area contributed by atoms with Crippen molar-refractivity contribution in [2.24, 2.45) is 5.92 Å². The molecule has 0 aliphatic carbocycles. The van der Waals surface area contributed by atoms with Gasteiger partial charge in [-0.25, -0.2) is 0 Å². The molecule has 16 heavy (non-hydrogen) atoms. The highest BCUT2D eigenvalue weighted by atomic mass is 35.5. The van der Waals surface area contributed by atoms with Crippen molar-refractivity contribution in [1.29, 1.82) is 0 Å². The van der Waals surface area contributed by atoms with E-state index >= 15 is 0 Å². The molecule has 3 heteroatoms. The normalized spacial score (nSPS) is 20.1. The number of methoxy groups -OCH3 is 1. The van der Waals surface area contributed by atoms with Gasteiger partial charge >= 0.3 is 0 Å². The Kier molecular flexibility index (Phi) is 3.72. The lowest BCUT2D eigenvalue weighted by Gasteiger charge is -2.13. The van der Waals surface area contributed by atoms with Gasteiger partial charge in [0.1, 0.15) is 5.75 Å². The number of nitrogens with one attached hydrogen (secondary N) is 1. The fraction of sp³-hybridized carbons (Fsp3) is 0.538. The van der Waals surface area contributed by atoms with Gasteiger partial charge in [0, 0.05) is 5.02 Å². The van der Waals surface area contributed by atoms with E-state index in [-0.39, 0.29) is 0 Å². The Balaban J connectivity index is 2.18. The van der Waals surface area contributed by atoms with Gasteiger partial charge in [-0.3, -0.25) is 0 Å². The summed E-state index contributed by atoms with van der Waals surface area (Å²) in [7, 11) is 1.71. The molecule has 88 valence electrons. The molecule has 1 heterocycles. The van der Waals surface area contributed by atoms with Gasteiger partial charge in [-0.2, -0.15) is 0 Å². The Hall–Kier alpha value is -0.730. The van der Waals surface area contributed by atoms with Crippen LogP contribution >= 0.6 is 11.6 Å². The van der Waals surface area contributed by atoms with Gasteiger partial charge in [0.2, 0.25) is 0 Å². The summed E-state index contributed by atoms with van der Waals surface area (Å²) in [6, 6.07) is 4.08. The number of halogens is 1. The van der Waals surface area contributed by atoms with Crippen LogP contribution in [-0.2, 0) is 6.42 Å². The van der Waals surface area contributed by atoms with Gasteiger partial charge in [0.25, 0.3) is 0 Å². The van der Waals surface area contributed by atoms with E-state index in [1.807, 2.05) is 13.0 Å². The summed E-state index contributed by atoms with van der Waals surface area (Å²) in [5.74, 6) is 1.65. The first-order valence-corrected chi connectivity index (χ1v) is 6.12. The molecule has 1 N–H and O–H groups in total. The average Bonchev–Trinajstić information content (AvgIpc) is 2.75. The van der Waals surface area contributed by atoms with Crippen molar-refractivity contribution in [3.05, 3.63) is 28.3 Å². The van der Waals surface area contributed by atoms with E-state index in [0.29, 0.717) is 5.92 Å². The molecule has 1 aromatic carbocycles. The average molecular weight is 240 g/mol. The van der Waals surface area contributed by atoms with Crippen molar-refractivity contribution in [3.8, 4) is 5.75 Å². The lowest BCUT2D eigenvalue weighted by molar-refractivity contribution is 0.410. The molecular weight excluding hydrogens is 222 g/mol. The van der Waals surface area contributed by atoms with E-state index in [9.17, 15) is 0 Å². The molecule has 0 amide bonds. The van der Waals surface area contributed by atoms with E-state index < -0.39 is 0 Å². The van der Waals surface area contributed by atoms with Gasteiger partial charge in [-0.15, -0.1) is 0 Å². The first-order valence-electron chi connectivity index (χ1n) is 5.74. The fourth-order valence-corrected chi connectivity index (χ4v) is 2.57. The second-order valence-corrected chi connectivity index (χ2v) is 4.88. The zero-order chi connectivity index (χ0) is 11.5. The van der Waals surface area contributed by atoms with Crippen LogP contribution in [0.25, 0.3) is 0 Å². The summed E-state index contributed by atoms with van der Waals surface area (Å²) in [6.07, 6.45) is 2.29. The minimum atomic E-state index is 0.713. The van der Waals surface area contributed by atoms with Crippen LogP contribution in [0.1, 0.15) is 17.5 Å². The van der Waals surface area contributed by atoms with Gasteiger partial charge in [0.15, 0.2) is 0 Å². The molecule has 0 saturated carbocycles. The topological polar surface area (TPSA) is 21.3 Å². The molecule has 1 atom stereocenters. The summed E-state index contributed by atoms with van der Waals surface area (Å²) >= 11 is 6.26. The largest absolute Gasteiger partial charge is 0.496 e. The summed E-state index contributed by atoms with van der Waals surface area (Å²) in [6.45, 7) is 4.25. The number of benzene rings is 1. The Labute approximate surface area is 102 Å². The molecule has 1 aliphatic rings. The third-order valence-electron chi connectivity index (χ3n) is 3.23. The van der Waals surface area contributed by atoms with Gasteiger partial charge in [0.05, 0.1) is 7.11 Å². The monoisotopic (exact) mass is 239 g/mol. The first-order chi connectivity index (χ1) is 7.70. The summed E-state index contributed by atoms with van der Waals surface area (Å²) in [4.78, 5) is 0. The van der Waals surface area contributed by atoms with Crippen LogP contribution in [0, 0.1) is 12.8 Å². The number of hydrogen-bond acceptors (Lipinski definition) is 2. The van der Waals surface area contributed by atoms with Gasteiger partial charge in [-0.1, -0.05) is 11.6 Å². The maximum absolute atomic E-state index is 6.26. The predicted molar refractivity (Wildman–Crippen MR) is 67.4 cm³/mol. The van der Waals surface area contributed by atoms with Crippen LogP contribution in [0.5, 0.6) is 5.75 Å².